The lowest BCUT2D eigenvalue weighted by Gasteiger charge is -2.10. The number of unbranched alkanes of at least 4 members (excludes halogenated alkanes) is 8. The molecule has 0 aromatic heterocycles. The van der Waals surface area contributed by atoms with Gasteiger partial charge in [0.25, 0.3) is 0 Å². The Labute approximate surface area is 131 Å². The second-order valence-electron chi connectivity index (χ2n) is 5.94. The molecule has 122 valence electrons. The van der Waals surface area contributed by atoms with E-state index < -0.39 is 0 Å². The molecule has 0 radical (unpaired) electrons. The van der Waals surface area contributed by atoms with Crippen molar-refractivity contribution < 1.29 is 4.79 Å². The van der Waals surface area contributed by atoms with E-state index in [-0.39, 0.29) is 11.8 Å². The molecule has 0 rings (SSSR count). The van der Waals surface area contributed by atoms with Crippen LogP contribution in [0.3, 0.4) is 0 Å². The molecule has 21 heavy (non-hydrogen) atoms. The molecule has 0 aromatic rings. The molecule has 1 atom stereocenters. The van der Waals surface area contributed by atoms with Crippen LogP contribution in [-0.2, 0) is 4.79 Å². The molecule has 0 fully saturated rings. The van der Waals surface area contributed by atoms with Gasteiger partial charge >= 0.3 is 0 Å². The molecular weight excluding hydrogens is 258 g/mol. The monoisotopic (exact) mass is 293 g/mol. The normalized spacial score (nSPS) is 12.6. The van der Waals surface area contributed by atoms with E-state index in [9.17, 15) is 4.79 Å². The minimum absolute atomic E-state index is 0.00878. The van der Waals surface area contributed by atoms with Crippen molar-refractivity contribution in [2.24, 2.45) is 11.7 Å². The molecule has 2 nitrogen and oxygen atoms in total. The molecule has 0 bridgehead atoms. The van der Waals surface area contributed by atoms with E-state index in [4.69, 9.17) is 5.73 Å². The molecule has 0 aliphatic rings. The molecule has 0 heterocycles. The van der Waals surface area contributed by atoms with Crippen LogP contribution in [0.25, 0.3) is 0 Å². The number of carbonyl (C=O) groups excluding carboxylic acids is 1. The maximum atomic E-state index is 11.2. The number of hydrogen-bond donors (Lipinski definition) is 1. The summed E-state index contributed by atoms with van der Waals surface area (Å²) in [5.41, 5.74) is 5.37. The van der Waals surface area contributed by atoms with Gasteiger partial charge in [0.05, 0.1) is 0 Å². The molecule has 0 saturated carbocycles. The van der Waals surface area contributed by atoms with Crippen LogP contribution in [0.2, 0.25) is 0 Å². The van der Waals surface area contributed by atoms with Gasteiger partial charge in [0.1, 0.15) is 0 Å². The van der Waals surface area contributed by atoms with Gasteiger partial charge in [-0.3, -0.25) is 4.79 Å². The quantitative estimate of drug-likeness (QED) is 0.313. The Morgan fingerprint density at radius 2 is 1.57 bits per heavy atom. The maximum absolute atomic E-state index is 11.2. The molecule has 2 N–H and O–H groups in total. The Morgan fingerprint density at radius 3 is 2.10 bits per heavy atom. The fraction of sp³-hybridized carbons (Fsp3) is 0.737. The lowest BCUT2D eigenvalue weighted by molar-refractivity contribution is -0.121. The highest BCUT2D eigenvalue weighted by molar-refractivity contribution is 5.76. The van der Waals surface area contributed by atoms with E-state index in [2.05, 4.69) is 25.7 Å². The molecule has 0 spiro atoms. The van der Waals surface area contributed by atoms with E-state index in [1.807, 2.05) is 0 Å². The third-order valence-electron chi connectivity index (χ3n) is 3.92. The predicted molar refractivity (Wildman–Crippen MR) is 93.1 cm³/mol. The van der Waals surface area contributed by atoms with Gasteiger partial charge in [0, 0.05) is 5.92 Å². The third-order valence-corrected chi connectivity index (χ3v) is 3.92. The summed E-state index contributed by atoms with van der Waals surface area (Å²) in [7, 11) is 0. The van der Waals surface area contributed by atoms with E-state index in [1.54, 1.807) is 6.08 Å². The minimum Gasteiger partial charge on any atom is -0.369 e. The number of amides is 1. The van der Waals surface area contributed by atoms with Crippen molar-refractivity contribution in [2.45, 2.75) is 84.0 Å². The van der Waals surface area contributed by atoms with Crippen LogP contribution in [0.4, 0.5) is 0 Å². The summed E-state index contributed by atoms with van der Waals surface area (Å²) in [4.78, 5) is 11.2. The van der Waals surface area contributed by atoms with Crippen molar-refractivity contribution in [3.8, 4) is 0 Å². The molecule has 0 aliphatic carbocycles. The Bertz CT molecular complexity index is 283. The van der Waals surface area contributed by atoms with Crippen LogP contribution >= 0.6 is 0 Å². The largest absolute Gasteiger partial charge is 0.369 e. The zero-order valence-corrected chi connectivity index (χ0v) is 14.0. The van der Waals surface area contributed by atoms with Crippen LogP contribution in [0, 0.1) is 5.92 Å². The fourth-order valence-corrected chi connectivity index (χ4v) is 2.51. The lowest BCUT2D eigenvalue weighted by Crippen LogP contribution is -2.22. The highest BCUT2D eigenvalue weighted by Crippen LogP contribution is 2.15. The lowest BCUT2D eigenvalue weighted by atomic mass is 9.96. The Morgan fingerprint density at radius 1 is 1.00 bits per heavy atom. The summed E-state index contributed by atoms with van der Waals surface area (Å²) in [6, 6.07) is 0. The number of carbonyl (C=O) groups is 1. The van der Waals surface area contributed by atoms with Gasteiger partial charge in [0.15, 0.2) is 0 Å². The average molecular weight is 293 g/mol. The van der Waals surface area contributed by atoms with Crippen molar-refractivity contribution in [1.29, 1.82) is 0 Å². The van der Waals surface area contributed by atoms with Crippen LogP contribution < -0.4 is 5.73 Å². The number of primary amides is 1. The van der Waals surface area contributed by atoms with Gasteiger partial charge in [-0.1, -0.05) is 63.7 Å². The molecular formula is C19H35NO. The van der Waals surface area contributed by atoms with Gasteiger partial charge in [0.2, 0.25) is 5.91 Å². The van der Waals surface area contributed by atoms with Gasteiger partial charge < -0.3 is 5.73 Å². The summed E-state index contributed by atoms with van der Waals surface area (Å²) < 4.78 is 0. The van der Waals surface area contributed by atoms with Gasteiger partial charge in [-0.25, -0.2) is 0 Å². The van der Waals surface area contributed by atoms with Gasteiger partial charge in [-0.15, -0.1) is 6.58 Å². The van der Waals surface area contributed by atoms with Crippen molar-refractivity contribution in [2.75, 3.05) is 0 Å². The average Bonchev–Trinajstić information content (AvgIpc) is 2.47. The van der Waals surface area contributed by atoms with Crippen LogP contribution in [0.5, 0.6) is 0 Å². The Balaban J connectivity index is 3.37. The van der Waals surface area contributed by atoms with Crippen molar-refractivity contribution in [3.05, 3.63) is 24.8 Å². The molecule has 0 aromatic carbocycles. The zero-order chi connectivity index (χ0) is 15.8. The summed E-state index contributed by atoms with van der Waals surface area (Å²) in [5.74, 6) is -0.188. The minimum atomic E-state index is -0.180. The predicted octanol–water partition coefficient (Wildman–Crippen LogP) is 5.53. The number of allylic oxidation sites excluding steroid dienone is 3. The second-order valence-corrected chi connectivity index (χ2v) is 5.94. The van der Waals surface area contributed by atoms with Crippen LogP contribution in [0.1, 0.15) is 84.0 Å². The molecule has 0 aliphatic heterocycles. The summed E-state index contributed by atoms with van der Waals surface area (Å²) in [6.07, 6.45) is 20.7. The summed E-state index contributed by atoms with van der Waals surface area (Å²) in [6.45, 7) is 5.93. The van der Waals surface area contributed by atoms with E-state index in [0.717, 1.165) is 19.3 Å². The molecule has 0 saturated heterocycles. The highest BCUT2D eigenvalue weighted by atomic mass is 16.1. The first kappa shape index (κ1) is 19.9. The van der Waals surface area contributed by atoms with Gasteiger partial charge in [-0.2, -0.15) is 0 Å². The summed E-state index contributed by atoms with van der Waals surface area (Å²) >= 11 is 0. The number of nitrogens with two attached hydrogens (primary N) is 1. The highest BCUT2D eigenvalue weighted by Gasteiger charge is 2.12. The van der Waals surface area contributed by atoms with Gasteiger partial charge in [-0.05, 0) is 38.5 Å². The zero-order valence-electron chi connectivity index (χ0n) is 14.0. The summed E-state index contributed by atoms with van der Waals surface area (Å²) in [5, 5.41) is 0. The molecule has 1 unspecified atom stereocenters. The maximum Gasteiger partial charge on any atom is 0.220 e. The topological polar surface area (TPSA) is 43.1 Å². The fourth-order valence-electron chi connectivity index (χ4n) is 2.51. The number of rotatable bonds is 15. The van der Waals surface area contributed by atoms with Crippen LogP contribution in [-0.4, -0.2) is 5.91 Å². The van der Waals surface area contributed by atoms with Crippen molar-refractivity contribution in [3.63, 3.8) is 0 Å². The smallest absolute Gasteiger partial charge is 0.220 e. The number of hydrogen-bond acceptors (Lipinski definition) is 1. The van der Waals surface area contributed by atoms with E-state index >= 15 is 0 Å². The second kappa shape index (κ2) is 15.3. The molecule has 1 amide bonds. The first-order chi connectivity index (χ1) is 10.2. The standard InChI is InChI=1S/C19H35NO/c1-3-5-6-7-8-9-10-11-12-13-14-15-17-18(16-4-2)19(20)21/h4,9-10,18H,2-3,5-8,11-17H2,1H3,(H2,20,21)/b10-9-. The van der Waals surface area contributed by atoms with E-state index in [1.165, 1.54) is 57.8 Å². The molecule has 2 heteroatoms. The van der Waals surface area contributed by atoms with Crippen molar-refractivity contribution >= 4 is 5.91 Å². The Hall–Kier alpha value is -1.05. The Kier molecular flexibility index (Phi) is 14.6. The first-order valence-electron chi connectivity index (χ1n) is 8.77. The first-order valence-corrected chi connectivity index (χ1v) is 8.77. The van der Waals surface area contributed by atoms with Crippen LogP contribution in [0.15, 0.2) is 24.8 Å². The van der Waals surface area contributed by atoms with E-state index in [0.29, 0.717) is 0 Å². The SMILES string of the molecule is C=CCC(CCCCCC/C=C\CCCCCC)C(N)=O. The third kappa shape index (κ3) is 13.7. The van der Waals surface area contributed by atoms with Crippen molar-refractivity contribution in [1.82, 2.24) is 0 Å².